The number of aromatic amines is 1. The molecule has 0 aliphatic rings. The van der Waals surface area contributed by atoms with Crippen molar-refractivity contribution in [2.45, 2.75) is 37.8 Å². The predicted molar refractivity (Wildman–Crippen MR) is 156 cm³/mol. The first-order chi connectivity index (χ1) is 20.8. The summed E-state index contributed by atoms with van der Waals surface area (Å²) < 4.78 is 0. The Labute approximate surface area is 250 Å². The molecule has 0 saturated carbocycles. The van der Waals surface area contributed by atoms with E-state index in [4.69, 9.17) is 28.1 Å². The average molecular weight is 610 g/mol. The van der Waals surface area contributed by atoms with Gasteiger partial charge in [0.25, 0.3) is 5.91 Å². The second-order valence-electron chi connectivity index (χ2n) is 9.80. The fourth-order valence-corrected chi connectivity index (χ4v) is 4.51. The maximum Gasteiger partial charge on any atom is 0.320 e. The molecule has 3 aromatic rings. The first-order valence-corrected chi connectivity index (χ1v) is 13.2. The lowest BCUT2D eigenvalue weighted by molar-refractivity contribution is -0.148. The molecular weight excluding hydrogens is 578 g/mol. The minimum Gasteiger partial charge on any atom is -0.493 e. The average Bonchev–Trinajstić information content (AvgIpc) is 3.38. The van der Waals surface area contributed by atoms with Gasteiger partial charge in [0, 0.05) is 30.4 Å². The SMILES string of the molecule is C#CCN(CCc1c[nH]c2nc(N)nc(O)c12)c1ccc(C(=O)N[C@@H](CCC(=O)O)C(=O)C(C[C@H](N)C(=O)O)C(=O)O)cc1. The number of carbonyl (C=O) groups is 5. The van der Waals surface area contributed by atoms with Crippen molar-refractivity contribution < 1.29 is 44.4 Å². The number of ketones is 1. The summed E-state index contributed by atoms with van der Waals surface area (Å²) in [5.74, 6) is -5.99. The number of carboxylic acid groups (broad SMARTS) is 3. The maximum atomic E-state index is 13.0. The number of hydrogen-bond acceptors (Lipinski definition) is 11. The van der Waals surface area contributed by atoms with E-state index in [2.05, 4.69) is 26.2 Å². The Bertz CT molecular complexity index is 1600. The van der Waals surface area contributed by atoms with Crippen LogP contribution in [-0.4, -0.2) is 90.1 Å². The fraction of sp³-hybridized carbons (Fsp3) is 0.321. The quantitative estimate of drug-likeness (QED) is 0.0782. The number of aliphatic carboxylic acids is 3. The minimum atomic E-state index is -1.89. The third-order valence-corrected chi connectivity index (χ3v) is 6.78. The molecule has 0 aliphatic carbocycles. The van der Waals surface area contributed by atoms with Crippen LogP contribution in [0.15, 0.2) is 30.5 Å². The van der Waals surface area contributed by atoms with Crippen molar-refractivity contribution >= 4 is 52.3 Å². The van der Waals surface area contributed by atoms with Crippen LogP contribution in [0.25, 0.3) is 11.0 Å². The van der Waals surface area contributed by atoms with Crippen molar-refractivity contribution in [1.29, 1.82) is 0 Å². The van der Waals surface area contributed by atoms with Gasteiger partial charge in [0.05, 0.1) is 18.0 Å². The number of benzene rings is 1. The van der Waals surface area contributed by atoms with Gasteiger partial charge in [-0.1, -0.05) is 5.92 Å². The van der Waals surface area contributed by atoms with Gasteiger partial charge in [-0.15, -0.1) is 6.42 Å². The van der Waals surface area contributed by atoms with E-state index in [-0.39, 0.29) is 23.9 Å². The second kappa shape index (κ2) is 14.5. The van der Waals surface area contributed by atoms with Crippen molar-refractivity contribution in [3.05, 3.63) is 41.6 Å². The van der Waals surface area contributed by atoms with Gasteiger partial charge >= 0.3 is 17.9 Å². The highest BCUT2D eigenvalue weighted by molar-refractivity contribution is 6.04. The molecule has 1 amide bonds. The molecule has 16 heteroatoms. The highest BCUT2D eigenvalue weighted by Crippen LogP contribution is 2.26. The summed E-state index contributed by atoms with van der Waals surface area (Å²) >= 11 is 0. The number of aromatic hydroxyl groups is 1. The molecular formula is C28H31N7O9. The van der Waals surface area contributed by atoms with Gasteiger partial charge in [-0.3, -0.25) is 24.0 Å². The summed E-state index contributed by atoms with van der Waals surface area (Å²) in [5.41, 5.74) is 12.8. The minimum absolute atomic E-state index is 0.0768. The number of fused-ring (bicyclic) bond motifs is 1. The zero-order chi connectivity index (χ0) is 32.6. The number of anilines is 2. The number of carboxylic acids is 3. The molecule has 10 N–H and O–H groups in total. The molecule has 16 nitrogen and oxygen atoms in total. The summed E-state index contributed by atoms with van der Waals surface area (Å²) in [6, 6.07) is 2.88. The van der Waals surface area contributed by atoms with E-state index in [0.717, 1.165) is 5.56 Å². The van der Waals surface area contributed by atoms with Crippen LogP contribution in [0.1, 0.15) is 35.2 Å². The highest BCUT2D eigenvalue weighted by Gasteiger charge is 2.36. The smallest absolute Gasteiger partial charge is 0.320 e. The topological polar surface area (TPSA) is 275 Å². The van der Waals surface area contributed by atoms with Crippen molar-refractivity contribution in [1.82, 2.24) is 20.3 Å². The molecule has 1 unspecified atom stereocenters. The van der Waals surface area contributed by atoms with Gasteiger partial charge in [0.15, 0.2) is 5.78 Å². The van der Waals surface area contributed by atoms with Crippen LogP contribution in [0.5, 0.6) is 5.88 Å². The Morgan fingerprint density at radius 1 is 1.07 bits per heavy atom. The van der Waals surface area contributed by atoms with Crippen LogP contribution < -0.4 is 21.7 Å². The third-order valence-electron chi connectivity index (χ3n) is 6.78. The molecule has 0 saturated heterocycles. The number of carbonyl (C=O) groups excluding carboxylic acids is 2. The van der Waals surface area contributed by atoms with E-state index in [1.807, 2.05) is 4.90 Å². The molecule has 3 rings (SSSR count). The number of Topliss-reactive ketones (excluding diaryl/α,β-unsaturated/α-hetero) is 1. The molecule has 0 spiro atoms. The number of aromatic nitrogens is 3. The van der Waals surface area contributed by atoms with Crippen molar-refractivity contribution in [3.8, 4) is 18.2 Å². The summed E-state index contributed by atoms with van der Waals surface area (Å²) in [6.45, 7) is 0.595. The Morgan fingerprint density at radius 3 is 2.34 bits per heavy atom. The van der Waals surface area contributed by atoms with Gasteiger partial charge in [0.2, 0.25) is 11.8 Å². The molecule has 44 heavy (non-hydrogen) atoms. The number of nitrogens with one attached hydrogen (secondary N) is 2. The van der Waals surface area contributed by atoms with Crippen molar-refractivity contribution in [3.63, 3.8) is 0 Å². The first kappa shape index (κ1) is 32.8. The monoisotopic (exact) mass is 609 g/mol. The Morgan fingerprint density at radius 2 is 1.75 bits per heavy atom. The first-order valence-electron chi connectivity index (χ1n) is 13.2. The molecule has 232 valence electrons. The van der Waals surface area contributed by atoms with Gasteiger partial charge in [-0.05, 0) is 49.1 Å². The van der Waals surface area contributed by atoms with E-state index in [1.54, 1.807) is 18.3 Å². The van der Waals surface area contributed by atoms with Crippen LogP contribution in [0.4, 0.5) is 11.6 Å². The maximum absolute atomic E-state index is 13.0. The molecule has 2 heterocycles. The summed E-state index contributed by atoms with van der Waals surface area (Å²) in [7, 11) is 0. The van der Waals surface area contributed by atoms with Gasteiger partial charge in [-0.25, -0.2) is 0 Å². The van der Waals surface area contributed by atoms with Crippen molar-refractivity contribution in [2.75, 3.05) is 23.7 Å². The normalized spacial score (nSPS) is 12.9. The summed E-state index contributed by atoms with van der Waals surface area (Å²) in [4.78, 5) is 72.6. The second-order valence-corrected chi connectivity index (χ2v) is 9.80. The van der Waals surface area contributed by atoms with E-state index < -0.39 is 66.9 Å². The largest absolute Gasteiger partial charge is 0.493 e. The Kier molecular flexibility index (Phi) is 10.8. The van der Waals surface area contributed by atoms with Gasteiger partial charge in [0.1, 0.15) is 17.6 Å². The number of nitrogen functional groups attached to an aromatic ring is 1. The van der Waals surface area contributed by atoms with Crippen molar-refractivity contribution in [2.24, 2.45) is 11.7 Å². The molecule has 3 atom stereocenters. The number of amides is 1. The van der Waals surface area contributed by atoms with Gasteiger partial charge in [-0.2, -0.15) is 9.97 Å². The molecule has 2 aromatic heterocycles. The zero-order valence-corrected chi connectivity index (χ0v) is 23.3. The number of rotatable bonds is 16. The summed E-state index contributed by atoms with van der Waals surface area (Å²) in [5, 5.41) is 40.7. The standard InChI is InChI=1S/C28H31N7O9/c1-2-10-35(11-9-15-13-31-23-21(15)25(40)34-28(30)33-23)16-5-3-14(4-6-16)24(39)32-19(7-8-20(36)37)22(38)17(26(41)42)12-18(29)27(43)44/h1,3-6,13,17-19H,7-12,29H2,(H,32,39)(H,36,37)(H,41,42)(H,43,44)(H4,30,31,33,34,40)/t17?,18-,19-/m0/s1. The number of terminal acetylenes is 1. The van der Waals surface area contributed by atoms with Crippen LogP contribution in [0.3, 0.4) is 0 Å². The Balaban J connectivity index is 1.76. The number of hydrogen-bond donors (Lipinski definition) is 8. The molecule has 0 radical (unpaired) electrons. The number of nitrogens with zero attached hydrogens (tertiary/aromatic N) is 3. The van der Waals surface area contributed by atoms with E-state index in [1.165, 1.54) is 12.1 Å². The van der Waals surface area contributed by atoms with E-state index in [9.17, 15) is 34.2 Å². The van der Waals surface area contributed by atoms with Crippen LogP contribution in [0.2, 0.25) is 0 Å². The van der Waals surface area contributed by atoms with Crippen LogP contribution in [-0.2, 0) is 25.6 Å². The van der Waals surface area contributed by atoms with Gasteiger partial charge < -0.3 is 47.1 Å². The van der Waals surface area contributed by atoms with E-state index >= 15 is 0 Å². The zero-order valence-electron chi connectivity index (χ0n) is 23.3. The number of H-pyrrole nitrogens is 1. The Hall–Kier alpha value is -5.69. The lowest BCUT2D eigenvalue weighted by Gasteiger charge is -2.23. The highest BCUT2D eigenvalue weighted by atomic mass is 16.4. The van der Waals surface area contributed by atoms with Crippen LogP contribution in [0, 0.1) is 18.3 Å². The molecule has 0 bridgehead atoms. The van der Waals surface area contributed by atoms with Crippen LogP contribution >= 0.6 is 0 Å². The van der Waals surface area contributed by atoms with E-state index in [0.29, 0.717) is 29.7 Å². The lowest BCUT2D eigenvalue weighted by Crippen LogP contribution is -2.47. The molecule has 0 aliphatic heterocycles. The summed E-state index contributed by atoms with van der Waals surface area (Å²) in [6.07, 6.45) is 5.91. The fourth-order valence-electron chi connectivity index (χ4n) is 4.51. The predicted octanol–water partition coefficient (Wildman–Crippen LogP) is -0.0369. The number of nitrogens with two attached hydrogens (primary N) is 2. The molecule has 1 aromatic carbocycles. The molecule has 0 fully saturated rings. The third kappa shape index (κ3) is 8.20. The lowest BCUT2D eigenvalue weighted by atomic mass is 9.89.